The second kappa shape index (κ2) is 6.61. The minimum atomic E-state index is -0.169. The van der Waals surface area contributed by atoms with Crippen LogP contribution in [0.1, 0.15) is 23.8 Å². The molecule has 1 unspecified atom stereocenters. The molecule has 0 amide bonds. The van der Waals surface area contributed by atoms with Crippen molar-refractivity contribution in [3.05, 3.63) is 23.8 Å². The molecule has 0 aliphatic rings. The van der Waals surface area contributed by atoms with Crippen LogP contribution in [0.3, 0.4) is 0 Å². The van der Waals surface area contributed by atoms with Gasteiger partial charge in [-0.15, -0.1) is 11.6 Å². The standard InChI is InChI=1S/C12H17ClO3/c1-15-9-5-6-12(16-2)10(8-9)11(13)4-3-7-14/h5-6,8,11,14H,3-4,7H2,1-2H3. The zero-order valence-corrected chi connectivity index (χ0v) is 10.3. The molecule has 4 heteroatoms. The molecule has 1 atom stereocenters. The Hall–Kier alpha value is -0.930. The van der Waals surface area contributed by atoms with Gasteiger partial charge in [-0.1, -0.05) is 0 Å². The first-order valence-corrected chi connectivity index (χ1v) is 5.63. The van der Waals surface area contributed by atoms with Crippen molar-refractivity contribution < 1.29 is 14.6 Å². The monoisotopic (exact) mass is 244 g/mol. The van der Waals surface area contributed by atoms with Gasteiger partial charge in [-0.05, 0) is 31.0 Å². The van der Waals surface area contributed by atoms with Crippen molar-refractivity contribution >= 4 is 11.6 Å². The number of methoxy groups -OCH3 is 2. The predicted molar refractivity (Wildman–Crippen MR) is 64.5 cm³/mol. The number of halogens is 1. The average Bonchev–Trinajstić information content (AvgIpc) is 2.35. The van der Waals surface area contributed by atoms with Crippen LogP contribution in [0.25, 0.3) is 0 Å². The Bertz CT molecular complexity index is 328. The highest BCUT2D eigenvalue weighted by atomic mass is 35.5. The number of benzene rings is 1. The Kier molecular flexibility index (Phi) is 5.43. The van der Waals surface area contributed by atoms with Gasteiger partial charge in [0.15, 0.2) is 0 Å². The molecular weight excluding hydrogens is 228 g/mol. The van der Waals surface area contributed by atoms with E-state index in [1.54, 1.807) is 14.2 Å². The van der Waals surface area contributed by atoms with Gasteiger partial charge in [-0.3, -0.25) is 0 Å². The summed E-state index contributed by atoms with van der Waals surface area (Å²) >= 11 is 6.25. The van der Waals surface area contributed by atoms with E-state index >= 15 is 0 Å². The van der Waals surface area contributed by atoms with Crippen LogP contribution < -0.4 is 9.47 Å². The lowest BCUT2D eigenvalue weighted by Crippen LogP contribution is -1.98. The summed E-state index contributed by atoms with van der Waals surface area (Å²) in [5, 5.41) is 8.61. The first-order chi connectivity index (χ1) is 7.72. The highest BCUT2D eigenvalue weighted by molar-refractivity contribution is 6.21. The minimum Gasteiger partial charge on any atom is -0.497 e. The number of alkyl halides is 1. The largest absolute Gasteiger partial charge is 0.497 e. The molecule has 3 nitrogen and oxygen atoms in total. The summed E-state index contributed by atoms with van der Waals surface area (Å²) < 4.78 is 10.4. The lowest BCUT2D eigenvalue weighted by atomic mass is 10.1. The van der Waals surface area contributed by atoms with Crippen LogP contribution in [0.15, 0.2) is 18.2 Å². The molecule has 1 N–H and O–H groups in total. The topological polar surface area (TPSA) is 38.7 Å². The maximum atomic E-state index is 8.77. The van der Waals surface area contributed by atoms with Crippen molar-refractivity contribution in [2.75, 3.05) is 20.8 Å². The van der Waals surface area contributed by atoms with Crippen molar-refractivity contribution in [2.45, 2.75) is 18.2 Å². The van der Waals surface area contributed by atoms with Crippen molar-refractivity contribution in [2.24, 2.45) is 0 Å². The molecule has 0 bridgehead atoms. The molecule has 0 heterocycles. The Balaban J connectivity index is 2.89. The molecule has 0 fully saturated rings. The van der Waals surface area contributed by atoms with Gasteiger partial charge in [0.05, 0.1) is 19.6 Å². The first-order valence-electron chi connectivity index (χ1n) is 5.19. The van der Waals surface area contributed by atoms with Gasteiger partial charge in [0, 0.05) is 12.2 Å². The van der Waals surface area contributed by atoms with Crippen LogP contribution >= 0.6 is 11.6 Å². The van der Waals surface area contributed by atoms with Gasteiger partial charge in [0.2, 0.25) is 0 Å². The van der Waals surface area contributed by atoms with Crippen LogP contribution in [-0.4, -0.2) is 25.9 Å². The van der Waals surface area contributed by atoms with Gasteiger partial charge in [0.1, 0.15) is 11.5 Å². The summed E-state index contributed by atoms with van der Waals surface area (Å²) in [7, 11) is 3.23. The van der Waals surface area contributed by atoms with E-state index in [2.05, 4.69) is 0 Å². The summed E-state index contributed by atoms with van der Waals surface area (Å²) in [6, 6.07) is 5.54. The zero-order chi connectivity index (χ0) is 12.0. The van der Waals surface area contributed by atoms with E-state index in [0.29, 0.717) is 12.8 Å². The van der Waals surface area contributed by atoms with Crippen LogP contribution in [0.4, 0.5) is 0 Å². The molecule has 1 aromatic rings. The van der Waals surface area contributed by atoms with Crippen LogP contribution in [0, 0.1) is 0 Å². The number of hydrogen-bond acceptors (Lipinski definition) is 3. The molecule has 0 aromatic heterocycles. The van der Waals surface area contributed by atoms with E-state index < -0.39 is 0 Å². The molecule has 0 radical (unpaired) electrons. The van der Waals surface area contributed by atoms with E-state index in [-0.39, 0.29) is 12.0 Å². The normalized spacial score (nSPS) is 12.2. The molecule has 0 spiro atoms. The van der Waals surface area contributed by atoms with E-state index in [1.807, 2.05) is 18.2 Å². The Morgan fingerprint density at radius 2 is 2.06 bits per heavy atom. The van der Waals surface area contributed by atoms with Crippen molar-refractivity contribution in [3.63, 3.8) is 0 Å². The highest BCUT2D eigenvalue weighted by Gasteiger charge is 2.14. The molecule has 90 valence electrons. The average molecular weight is 245 g/mol. The van der Waals surface area contributed by atoms with Gasteiger partial charge in [-0.2, -0.15) is 0 Å². The maximum Gasteiger partial charge on any atom is 0.123 e. The van der Waals surface area contributed by atoms with Crippen molar-refractivity contribution in [1.82, 2.24) is 0 Å². The molecule has 1 rings (SSSR count). The third kappa shape index (κ3) is 3.29. The molecular formula is C12H17ClO3. The third-order valence-electron chi connectivity index (χ3n) is 2.39. The summed E-state index contributed by atoms with van der Waals surface area (Å²) in [4.78, 5) is 0. The SMILES string of the molecule is COc1ccc(OC)c(C(Cl)CCCO)c1. The second-order valence-electron chi connectivity index (χ2n) is 3.44. The second-order valence-corrected chi connectivity index (χ2v) is 3.97. The van der Waals surface area contributed by atoms with E-state index in [4.69, 9.17) is 26.2 Å². The van der Waals surface area contributed by atoms with Crippen LogP contribution in [-0.2, 0) is 0 Å². The number of rotatable bonds is 6. The predicted octanol–water partition coefficient (Wildman–Crippen LogP) is 2.76. The Morgan fingerprint density at radius 3 is 2.62 bits per heavy atom. The molecule has 16 heavy (non-hydrogen) atoms. The first kappa shape index (κ1) is 13.1. The fourth-order valence-electron chi connectivity index (χ4n) is 1.51. The lowest BCUT2D eigenvalue weighted by molar-refractivity contribution is 0.283. The van der Waals surface area contributed by atoms with Gasteiger partial charge < -0.3 is 14.6 Å². The smallest absolute Gasteiger partial charge is 0.123 e. The quantitative estimate of drug-likeness (QED) is 0.782. The van der Waals surface area contributed by atoms with Crippen molar-refractivity contribution in [1.29, 1.82) is 0 Å². The fraction of sp³-hybridized carbons (Fsp3) is 0.500. The third-order valence-corrected chi connectivity index (χ3v) is 2.84. The van der Waals surface area contributed by atoms with Gasteiger partial charge >= 0.3 is 0 Å². The van der Waals surface area contributed by atoms with Crippen LogP contribution in [0.5, 0.6) is 11.5 Å². The van der Waals surface area contributed by atoms with Crippen molar-refractivity contribution in [3.8, 4) is 11.5 Å². The number of aliphatic hydroxyl groups is 1. The molecule has 0 aliphatic carbocycles. The molecule has 0 saturated heterocycles. The van der Waals surface area contributed by atoms with Gasteiger partial charge in [0.25, 0.3) is 0 Å². The summed E-state index contributed by atoms with van der Waals surface area (Å²) in [6.45, 7) is 0.148. The van der Waals surface area contributed by atoms with Gasteiger partial charge in [-0.25, -0.2) is 0 Å². The summed E-state index contributed by atoms with van der Waals surface area (Å²) in [6.07, 6.45) is 1.39. The van der Waals surface area contributed by atoms with E-state index in [0.717, 1.165) is 17.1 Å². The van der Waals surface area contributed by atoms with Crippen LogP contribution in [0.2, 0.25) is 0 Å². The zero-order valence-electron chi connectivity index (χ0n) is 9.57. The number of aliphatic hydroxyl groups excluding tert-OH is 1. The highest BCUT2D eigenvalue weighted by Crippen LogP contribution is 2.35. The van der Waals surface area contributed by atoms with E-state index in [1.165, 1.54) is 0 Å². The lowest BCUT2D eigenvalue weighted by Gasteiger charge is -2.14. The summed E-state index contributed by atoms with van der Waals surface area (Å²) in [5.41, 5.74) is 0.900. The fourth-order valence-corrected chi connectivity index (χ4v) is 1.84. The Labute approximate surface area is 101 Å². The number of ether oxygens (including phenoxy) is 2. The maximum absolute atomic E-state index is 8.77. The Morgan fingerprint density at radius 1 is 1.31 bits per heavy atom. The minimum absolute atomic E-state index is 0.148. The number of hydrogen-bond donors (Lipinski definition) is 1. The molecule has 1 aromatic carbocycles. The molecule has 0 saturated carbocycles. The molecule has 0 aliphatic heterocycles. The van der Waals surface area contributed by atoms with E-state index in [9.17, 15) is 0 Å². The summed E-state index contributed by atoms with van der Waals surface area (Å²) in [5.74, 6) is 1.50.